The number of carbonyl (C=O) groups excluding carboxylic acids is 4. The lowest BCUT2D eigenvalue weighted by atomic mass is 9.66. The first-order valence-electron chi connectivity index (χ1n) is 15.5. The van der Waals surface area contributed by atoms with Crippen LogP contribution in [0, 0.1) is 28.6 Å². The number of fused-ring (bicyclic) bond motifs is 7. The summed E-state index contributed by atoms with van der Waals surface area (Å²) in [7, 11) is 0. The Balaban J connectivity index is 1.34. The SMILES string of the molecule is Cc1cc(=O)oc2c3c(ccc12)S[C@H](C)[C@@H](OC(=O)[C@@]12CC[C@@](C)(C(=O)O1)C2(C)C)[C@H]3OC(=O)[C@@]12CC[C@@](C)(C(=O)O1)C2(C)C. The normalized spacial score (nSPS) is 38.5. The highest BCUT2D eigenvalue weighted by molar-refractivity contribution is 8.00. The van der Waals surface area contributed by atoms with Gasteiger partial charge in [0, 0.05) is 32.4 Å². The van der Waals surface area contributed by atoms with Crippen LogP contribution in [0.5, 0.6) is 0 Å². The molecule has 0 amide bonds. The van der Waals surface area contributed by atoms with E-state index in [1.807, 2.05) is 53.7 Å². The molecule has 7 rings (SSSR count). The van der Waals surface area contributed by atoms with Gasteiger partial charge in [-0.25, -0.2) is 14.4 Å². The zero-order valence-electron chi connectivity index (χ0n) is 26.8. The molecule has 0 N–H and O–H groups in total. The number of hydrogen-bond acceptors (Lipinski definition) is 11. The van der Waals surface area contributed by atoms with Gasteiger partial charge in [0.25, 0.3) is 0 Å². The number of hydrogen-bond donors (Lipinski definition) is 0. The van der Waals surface area contributed by atoms with Crippen molar-refractivity contribution in [3.8, 4) is 0 Å². The summed E-state index contributed by atoms with van der Waals surface area (Å²) in [6.07, 6.45) is -0.762. The molecule has 5 aliphatic rings. The summed E-state index contributed by atoms with van der Waals surface area (Å²) < 4.78 is 30.1. The Morgan fingerprint density at radius 3 is 1.84 bits per heavy atom. The van der Waals surface area contributed by atoms with Crippen molar-refractivity contribution in [1.82, 2.24) is 0 Å². The summed E-state index contributed by atoms with van der Waals surface area (Å²) in [5.74, 6) is -2.34. The van der Waals surface area contributed by atoms with Crippen LogP contribution in [0.1, 0.15) is 91.4 Å². The highest BCUT2D eigenvalue weighted by Gasteiger charge is 2.78. The van der Waals surface area contributed by atoms with Crippen molar-refractivity contribution in [3.05, 3.63) is 39.7 Å². The average Bonchev–Trinajstić information content (AvgIpc) is 3.42. The Morgan fingerprint density at radius 2 is 1.36 bits per heavy atom. The number of carbonyl (C=O) groups is 4. The van der Waals surface area contributed by atoms with Crippen molar-refractivity contribution in [1.29, 1.82) is 0 Å². The minimum absolute atomic E-state index is 0.228. The van der Waals surface area contributed by atoms with E-state index in [-0.39, 0.29) is 12.0 Å². The molecule has 2 saturated heterocycles. The molecule has 45 heavy (non-hydrogen) atoms. The highest BCUT2D eigenvalue weighted by Crippen LogP contribution is 2.67. The highest BCUT2D eigenvalue weighted by atomic mass is 32.2. The fraction of sp³-hybridized carbons (Fsp3) is 0.618. The first-order valence-corrected chi connectivity index (χ1v) is 16.4. The van der Waals surface area contributed by atoms with E-state index in [0.29, 0.717) is 40.7 Å². The molecule has 2 aliphatic carbocycles. The number of esters is 4. The zero-order valence-corrected chi connectivity index (χ0v) is 27.6. The Bertz CT molecular complexity index is 1790. The van der Waals surface area contributed by atoms with Crippen LogP contribution in [0.3, 0.4) is 0 Å². The molecule has 4 bridgehead atoms. The first-order chi connectivity index (χ1) is 20.9. The third kappa shape index (κ3) is 3.40. The lowest BCUT2D eigenvalue weighted by Gasteiger charge is -2.41. The van der Waals surface area contributed by atoms with Crippen LogP contribution in [0.2, 0.25) is 0 Å². The third-order valence-electron chi connectivity index (χ3n) is 12.8. The number of benzene rings is 1. The van der Waals surface area contributed by atoms with E-state index in [1.54, 1.807) is 13.8 Å². The van der Waals surface area contributed by atoms with Gasteiger partial charge in [-0.2, -0.15) is 0 Å². The minimum Gasteiger partial charge on any atom is -0.454 e. The summed E-state index contributed by atoms with van der Waals surface area (Å²) in [4.78, 5) is 67.9. The number of ether oxygens (including phenoxy) is 4. The van der Waals surface area contributed by atoms with Crippen LogP contribution in [0.15, 0.2) is 32.3 Å². The van der Waals surface area contributed by atoms with E-state index >= 15 is 0 Å². The predicted octanol–water partition coefficient (Wildman–Crippen LogP) is 5.34. The molecule has 4 fully saturated rings. The molecule has 2 aromatic rings. The molecule has 0 radical (unpaired) electrons. The van der Waals surface area contributed by atoms with Gasteiger partial charge < -0.3 is 23.4 Å². The summed E-state index contributed by atoms with van der Waals surface area (Å²) in [5, 5.41) is 0.216. The van der Waals surface area contributed by atoms with Gasteiger partial charge in [0.05, 0.1) is 16.4 Å². The monoisotopic (exact) mass is 638 g/mol. The van der Waals surface area contributed by atoms with Crippen molar-refractivity contribution in [3.63, 3.8) is 0 Å². The maximum absolute atomic E-state index is 14.4. The Kier molecular flexibility index (Phi) is 6.01. The average molecular weight is 639 g/mol. The second-order valence-corrected chi connectivity index (χ2v) is 16.4. The van der Waals surface area contributed by atoms with Crippen molar-refractivity contribution >= 4 is 46.6 Å². The maximum Gasteiger partial charge on any atom is 0.351 e. The fourth-order valence-corrected chi connectivity index (χ4v) is 9.77. The number of rotatable bonds is 4. The topological polar surface area (TPSA) is 135 Å². The summed E-state index contributed by atoms with van der Waals surface area (Å²) in [6.45, 7) is 14.6. The number of aryl methyl sites for hydroxylation is 1. The van der Waals surface area contributed by atoms with Crippen LogP contribution in [0.25, 0.3) is 11.0 Å². The predicted molar refractivity (Wildman–Crippen MR) is 161 cm³/mol. The molecule has 1 aromatic carbocycles. The smallest absolute Gasteiger partial charge is 0.351 e. The zero-order chi connectivity index (χ0) is 32.7. The van der Waals surface area contributed by atoms with Gasteiger partial charge in [0.1, 0.15) is 5.58 Å². The molecule has 3 aliphatic heterocycles. The van der Waals surface area contributed by atoms with Crippen LogP contribution < -0.4 is 5.63 Å². The van der Waals surface area contributed by atoms with E-state index in [4.69, 9.17) is 23.4 Å². The molecular formula is C34H38O10S. The standard InChI is InChI=1S/C34H38O10S/c1-16-15-20(35)40-23-18(16)9-10-19-21(23)24(42-28(39)34-14-12-32(8,26(37)44-34)30(34,5)6)22(17(2)45-19)41-27(38)33-13-11-31(7,25(36)43-33)29(33,3)4/h9-10,15,17,22,24H,11-14H2,1-8H3/t17-,22-,24+,31+,32+,33-,34-/m1/s1. The molecule has 4 heterocycles. The lowest BCUT2D eigenvalue weighted by molar-refractivity contribution is -0.202. The van der Waals surface area contributed by atoms with Crippen molar-refractivity contribution in [2.75, 3.05) is 0 Å². The number of thioether (sulfide) groups is 1. The summed E-state index contributed by atoms with van der Waals surface area (Å²) in [5.41, 5.74) is -5.77. The molecule has 240 valence electrons. The molecule has 0 unspecified atom stereocenters. The molecule has 10 nitrogen and oxygen atoms in total. The molecule has 11 heteroatoms. The van der Waals surface area contributed by atoms with Crippen LogP contribution in [-0.2, 0) is 38.1 Å². The van der Waals surface area contributed by atoms with Crippen LogP contribution in [-0.4, -0.2) is 46.4 Å². The van der Waals surface area contributed by atoms with Crippen LogP contribution in [0.4, 0.5) is 0 Å². The van der Waals surface area contributed by atoms with Gasteiger partial charge in [-0.15, -0.1) is 11.8 Å². The lowest BCUT2D eigenvalue weighted by Crippen LogP contribution is -2.53. The van der Waals surface area contributed by atoms with Gasteiger partial charge in [0.2, 0.25) is 11.2 Å². The van der Waals surface area contributed by atoms with Crippen LogP contribution >= 0.6 is 11.8 Å². The van der Waals surface area contributed by atoms with Gasteiger partial charge in [-0.1, -0.05) is 27.7 Å². The van der Waals surface area contributed by atoms with E-state index in [0.717, 1.165) is 0 Å². The Morgan fingerprint density at radius 1 is 0.822 bits per heavy atom. The fourth-order valence-electron chi connectivity index (χ4n) is 8.55. The second kappa shape index (κ2) is 8.92. The Hall–Kier alpha value is -3.34. The van der Waals surface area contributed by atoms with Crippen molar-refractivity contribution < 1.29 is 42.5 Å². The van der Waals surface area contributed by atoms with Crippen molar-refractivity contribution in [2.45, 2.75) is 115 Å². The van der Waals surface area contributed by atoms with Crippen molar-refractivity contribution in [2.24, 2.45) is 21.7 Å². The van der Waals surface area contributed by atoms with E-state index < -0.39 is 79.8 Å². The second-order valence-electron chi connectivity index (χ2n) is 15.0. The van der Waals surface area contributed by atoms with E-state index in [9.17, 15) is 24.0 Å². The Labute approximate surface area is 264 Å². The maximum atomic E-state index is 14.4. The third-order valence-corrected chi connectivity index (χ3v) is 14.0. The molecule has 2 saturated carbocycles. The molecule has 1 aromatic heterocycles. The van der Waals surface area contributed by atoms with Gasteiger partial charge in [-0.3, -0.25) is 9.59 Å². The molecule has 7 atom stereocenters. The molecular weight excluding hydrogens is 600 g/mol. The van der Waals surface area contributed by atoms with E-state index in [1.165, 1.54) is 17.8 Å². The van der Waals surface area contributed by atoms with Gasteiger partial charge in [-0.05, 0) is 71.1 Å². The minimum atomic E-state index is -1.54. The quantitative estimate of drug-likeness (QED) is 0.244. The van der Waals surface area contributed by atoms with E-state index in [2.05, 4.69) is 0 Å². The largest absolute Gasteiger partial charge is 0.454 e. The van der Waals surface area contributed by atoms with Gasteiger partial charge in [0.15, 0.2) is 12.2 Å². The van der Waals surface area contributed by atoms with Gasteiger partial charge >= 0.3 is 29.5 Å². The first kappa shape index (κ1) is 30.3. The summed E-state index contributed by atoms with van der Waals surface area (Å²) >= 11 is 1.40. The summed E-state index contributed by atoms with van der Waals surface area (Å²) in [6, 6.07) is 5.11. The molecule has 0 spiro atoms.